The Kier molecular flexibility index (Phi) is 3.49. The molecule has 4 nitrogen and oxygen atoms in total. The minimum absolute atomic E-state index is 0.0761. The molecular weight excluding hydrogens is 329 g/mol. The Morgan fingerprint density at radius 3 is 2.54 bits per heavy atom. The summed E-state index contributed by atoms with van der Waals surface area (Å²) in [6, 6.07) is 4.12. The van der Waals surface area contributed by atoms with Gasteiger partial charge in [-0.2, -0.15) is 0 Å². The second-order valence-electron chi connectivity index (χ2n) is 8.50. The van der Waals surface area contributed by atoms with Crippen molar-refractivity contribution in [1.29, 1.82) is 0 Å². The van der Waals surface area contributed by atoms with E-state index in [1.807, 2.05) is 19.9 Å². The highest BCUT2D eigenvalue weighted by Crippen LogP contribution is 2.55. The van der Waals surface area contributed by atoms with Crippen LogP contribution in [0.15, 0.2) is 18.3 Å². The number of hydrogen-bond acceptors (Lipinski definition) is 3. The fourth-order valence-corrected chi connectivity index (χ4v) is 4.18. The lowest BCUT2D eigenvalue weighted by Crippen LogP contribution is -2.59. The Morgan fingerprint density at radius 1 is 1.23 bits per heavy atom. The minimum atomic E-state index is -0.229. The first kappa shape index (κ1) is 16.0. The van der Waals surface area contributed by atoms with E-state index in [1.165, 1.54) is 18.9 Å². The molecule has 2 bridgehead atoms. The number of pyridine rings is 1. The topological polar surface area (TPSA) is 54.0 Å². The van der Waals surface area contributed by atoms with Crippen molar-refractivity contribution < 1.29 is 9.18 Å². The quantitative estimate of drug-likeness (QED) is 0.847. The van der Waals surface area contributed by atoms with Crippen LogP contribution in [-0.4, -0.2) is 23.0 Å². The van der Waals surface area contributed by atoms with Crippen LogP contribution >= 0.6 is 0 Å². The summed E-state index contributed by atoms with van der Waals surface area (Å²) in [5.74, 6) is 1.20. The average Bonchev–Trinajstić information content (AvgIpc) is 3.32. The third kappa shape index (κ3) is 2.48. The monoisotopic (exact) mass is 353 g/mol. The minimum Gasteiger partial charge on any atom is -0.381 e. The van der Waals surface area contributed by atoms with E-state index in [2.05, 4.69) is 15.6 Å². The van der Waals surface area contributed by atoms with Crippen molar-refractivity contribution >= 4 is 22.5 Å². The standard InChI is InChI=1S/C21H24FN3O/c1-10(2)14-7-15-18(8-17(14)22)23-9-16(21(26)24-13-3-4-13)20(15)25-19-11-5-12(19)6-11/h7-13,19H,3-6H2,1-2H3,(H,23,25)(H,24,26). The first-order valence-corrected chi connectivity index (χ1v) is 9.71. The number of nitrogens with one attached hydrogen (secondary N) is 2. The van der Waals surface area contributed by atoms with Crippen molar-refractivity contribution in [3.8, 4) is 0 Å². The number of nitrogens with zero attached hydrogens (tertiary/aromatic N) is 1. The SMILES string of the molecule is CC(C)c1cc2c(NC3C4CC3C4)c(C(=O)NC3CC3)cnc2cc1F. The van der Waals surface area contributed by atoms with Crippen LogP contribution in [0.1, 0.15) is 61.4 Å². The smallest absolute Gasteiger partial charge is 0.255 e. The van der Waals surface area contributed by atoms with Crippen molar-refractivity contribution in [2.75, 3.05) is 5.32 Å². The lowest BCUT2D eigenvalue weighted by molar-refractivity contribution is -0.00385. The first-order chi connectivity index (χ1) is 12.5. The van der Waals surface area contributed by atoms with Gasteiger partial charge in [0.1, 0.15) is 5.82 Å². The van der Waals surface area contributed by atoms with Gasteiger partial charge >= 0.3 is 0 Å². The van der Waals surface area contributed by atoms with Crippen LogP contribution in [0.25, 0.3) is 10.9 Å². The number of carbonyl (C=O) groups is 1. The molecule has 4 aliphatic rings. The summed E-state index contributed by atoms with van der Waals surface area (Å²) in [7, 11) is 0. The summed E-state index contributed by atoms with van der Waals surface area (Å²) in [5, 5.41) is 7.54. The molecule has 1 aromatic heterocycles. The van der Waals surface area contributed by atoms with Crippen molar-refractivity contribution in [3.05, 3.63) is 35.3 Å². The molecule has 5 heteroatoms. The van der Waals surface area contributed by atoms with Gasteiger partial charge in [0.2, 0.25) is 0 Å². The van der Waals surface area contributed by atoms with Gasteiger partial charge in [0.05, 0.1) is 16.8 Å². The molecule has 4 aliphatic carbocycles. The zero-order chi connectivity index (χ0) is 18.0. The predicted octanol–water partition coefficient (Wildman–Crippen LogP) is 4.21. The molecule has 136 valence electrons. The predicted molar refractivity (Wildman–Crippen MR) is 99.9 cm³/mol. The average molecular weight is 353 g/mol. The molecule has 4 saturated carbocycles. The van der Waals surface area contributed by atoms with Crippen LogP contribution in [0, 0.1) is 17.7 Å². The summed E-state index contributed by atoms with van der Waals surface area (Å²) >= 11 is 0. The van der Waals surface area contributed by atoms with Gasteiger partial charge in [0.15, 0.2) is 0 Å². The number of rotatable bonds is 5. The Labute approximate surface area is 152 Å². The van der Waals surface area contributed by atoms with Crippen LogP contribution in [-0.2, 0) is 0 Å². The van der Waals surface area contributed by atoms with E-state index in [0.717, 1.165) is 23.9 Å². The second kappa shape index (κ2) is 5.66. The maximum Gasteiger partial charge on any atom is 0.255 e. The highest BCUT2D eigenvalue weighted by Gasteiger charge is 2.52. The maximum absolute atomic E-state index is 14.4. The van der Waals surface area contributed by atoms with E-state index in [-0.39, 0.29) is 17.6 Å². The van der Waals surface area contributed by atoms with Crippen LogP contribution in [0.2, 0.25) is 0 Å². The Balaban J connectivity index is 1.61. The first-order valence-electron chi connectivity index (χ1n) is 9.71. The second-order valence-corrected chi connectivity index (χ2v) is 8.50. The molecule has 0 atom stereocenters. The molecule has 1 aromatic carbocycles. The van der Waals surface area contributed by atoms with Gasteiger partial charge in [-0.25, -0.2) is 4.39 Å². The zero-order valence-electron chi connectivity index (χ0n) is 15.2. The number of amides is 1. The van der Waals surface area contributed by atoms with E-state index >= 15 is 0 Å². The molecule has 0 aliphatic heterocycles. The Hall–Kier alpha value is -2.17. The molecule has 1 heterocycles. The number of aromatic nitrogens is 1. The van der Waals surface area contributed by atoms with E-state index < -0.39 is 0 Å². The Morgan fingerprint density at radius 2 is 1.96 bits per heavy atom. The number of fused-ring (bicyclic) bond motifs is 1. The fourth-order valence-electron chi connectivity index (χ4n) is 4.18. The fraction of sp³-hybridized carbons (Fsp3) is 0.524. The van der Waals surface area contributed by atoms with Gasteiger partial charge in [0.25, 0.3) is 5.91 Å². The normalized spacial score (nSPS) is 26.4. The summed E-state index contributed by atoms with van der Waals surface area (Å²) in [6.45, 7) is 3.96. The lowest BCUT2D eigenvalue weighted by Gasteiger charge is -2.58. The summed E-state index contributed by atoms with van der Waals surface area (Å²) in [6.07, 6.45) is 6.27. The van der Waals surface area contributed by atoms with E-state index in [1.54, 1.807) is 6.20 Å². The molecule has 0 radical (unpaired) electrons. The maximum atomic E-state index is 14.4. The van der Waals surface area contributed by atoms with Gasteiger partial charge < -0.3 is 10.6 Å². The number of benzene rings is 1. The summed E-state index contributed by atoms with van der Waals surface area (Å²) in [5.41, 5.74) is 2.68. The number of carbonyl (C=O) groups excluding carboxylic acids is 1. The van der Waals surface area contributed by atoms with Crippen LogP contribution in [0.5, 0.6) is 0 Å². The molecule has 6 rings (SSSR count). The van der Waals surface area contributed by atoms with Crippen LogP contribution in [0.3, 0.4) is 0 Å². The van der Waals surface area contributed by atoms with E-state index in [9.17, 15) is 9.18 Å². The molecule has 4 fully saturated rings. The molecule has 26 heavy (non-hydrogen) atoms. The van der Waals surface area contributed by atoms with Gasteiger partial charge in [-0.3, -0.25) is 9.78 Å². The largest absolute Gasteiger partial charge is 0.381 e. The van der Waals surface area contributed by atoms with E-state index in [0.29, 0.717) is 40.6 Å². The van der Waals surface area contributed by atoms with Crippen LogP contribution in [0.4, 0.5) is 10.1 Å². The number of hydrogen-bond donors (Lipinski definition) is 2. The summed E-state index contributed by atoms with van der Waals surface area (Å²) in [4.78, 5) is 17.2. The van der Waals surface area contributed by atoms with E-state index in [4.69, 9.17) is 0 Å². The number of halogens is 1. The highest BCUT2D eigenvalue weighted by molar-refractivity contribution is 6.07. The van der Waals surface area contributed by atoms with Gasteiger partial charge in [-0.05, 0) is 55.1 Å². The molecule has 0 saturated heterocycles. The number of anilines is 1. The lowest BCUT2D eigenvalue weighted by atomic mass is 9.52. The van der Waals surface area contributed by atoms with Gasteiger partial charge in [0, 0.05) is 29.7 Å². The summed E-state index contributed by atoms with van der Waals surface area (Å²) < 4.78 is 14.4. The van der Waals surface area contributed by atoms with Crippen molar-refractivity contribution in [2.24, 2.45) is 11.8 Å². The van der Waals surface area contributed by atoms with Crippen molar-refractivity contribution in [1.82, 2.24) is 10.3 Å². The Bertz CT molecular complexity index is 892. The van der Waals surface area contributed by atoms with Crippen molar-refractivity contribution in [3.63, 3.8) is 0 Å². The highest BCUT2D eigenvalue weighted by atomic mass is 19.1. The molecule has 2 N–H and O–H groups in total. The third-order valence-electron chi connectivity index (χ3n) is 6.30. The molecule has 2 aromatic rings. The van der Waals surface area contributed by atoms with Gasteiger partial charge in [-0.1, -0.05) is 13.8 Å². The molecule has 1 amide bonds. The van der Waals surface area contributed by atoms with Crippen molar-refractivity contribution in [2.45, 2.75) is 57.5 Å². The third-order valence-corrected chi connectivity index (χ3v) is 6.30. The zero-order valence-corrected chi connectivity index (χ0v) is 15.2. The van der Waals surface area contributed by atoms with Gasteiger partial charge in [-0.15, -0.1) is 0 Å². The van der Waals surface area contributed by atoms with Crippen LogP contribution < -0.4 is 10.6 Å². The molecule has 0 spiro atoms. The molecule has 0 unspecified atom stereocenters. The molecular formula is C21H24FN3O.